The summed E-state index contributed by atoms with van der Waals surface area (Å²) in [5, 5.41) is 17.5. The molecule has 1 N–H and O–H groups in total. The molecule has 0 saturated heterocycles. The second kappa shape index (κ2) is 4.24. The van der Waals surface area contributed by atoms with Crippen molar-refractivity contribution in [3.63, 3.8) is 0 Å². The van der Waals surface area contributed by atoms with E-state index in [-0.39, 0.29) is 6.61 Å². The van der Waals surface area contributed by atoms with Crippen molar-refractivity contribution in [2.75, 3.05) is 18.1 Å². The van der Waals surface area contributed by atoms with Crippen LogP contribution in [0.25, 0.3) is 0 Å². The molecule has 0 atom stereocenters. The second-order valence-electron chi connectivity index (χ2n) is 3.52. The zero-order chi connectivity index (χ0) is 10.7. The van der Waals surface area contributed by atoms with E-state index in [0.29, 0.717) is 18.3 Å². The van der Waals surface area contributed by atoms with Crippen molar-refractivity contribution in [1.29, 1.82) is 5.26 Å². The summed E-state index contributed by atoms with van der Waals surface area (Å²) in [6.45, 7) is 0.684. The number of aliphatic hydroxyl groups excluding tert-OH is 1. The van der Waals surface area contributed by atoms with Crippen LogP contribution in [-0.4, -0.2) is 34.3 Å². The molecular weight excluding hydrogens is 192 g/mol. The monoisotopic (exact) mass is 204 g/mol. The quantitative estimate of drug-likeness (QED) is 0.764. The molecule has 2 rings (SSSR count). The molecule has 1 aromatic heterocycles. The first-order valence-corrected chi connectivity index (χ1v) is 4.95. The van der Waals surface area contributed by atoms with Crippen LogP contribution in [0.4, 0.5) is 5.82 Å². The Morgan fingerprint density at radius 2 is 2.27 bits per heavy atom. The zero-order valence-electron chi connectivity index (χ0n) is 8.30. The normalized spacial score (nSPS) is 14.7. The Balaban J connectivity index is 2.15. The van der Waals surface area contributed by atoms with Gasteiger partial charge < -0.3 is 10.0 Å². The van der Waals surface area contributed by atoms with E-state index in [0.717, 1.165) is 18.7 Å². The maximum Gasteiger partial charge on any atom is 0.158 e. The highest BCUT2D eigenvalue weighted by molar-refractivity contribution is 5.40. The summed E-state index contributed by atoms with van der Waals surface area (Å²) < 4.78 is 0. The van der Waals surface area contributed by atoms with Gasteiger partial charge in [-0.2, -0.15) is 5.26 Å². The van der Waals surface area contributed by atoms with Crippen molar-refractivity contribution >= 4 is 5.82 Å². The summed E-state index contributed by atoms with van der Waals surface area (Å²) in [6, 6.07) is 2.41. The fraction of sp³-hybridized carbons (Fsp3) is 0.500. The lowest BCUT2D eigenvalue weighted by molar-refractivity contribution is 0.301. The lowest BCUT2D eigenvalue weighted by Crippen LogP contribution is -2.29. The van der Waals surface area contributed by atoms with Gasteiger partial charge in [-0.25, -0.2) is 9.97 Å². The molecule has 5 nitrogen and oxygen atoms in total. The van der Waals surface area contributed by atoms with Crippen molar-refractivity contribution in [1.82, 2.24) is 9.97 Å². The van der Waals surface area contributed by atoms with Crippen LogP contribution < -0.4 is 4.90 Å². The Kier molecular flexibility index (Phi) is 2.79. The van der Waals surface area contributed by atoms with Gasteiger partial charge in [-0.1, -0.05) is 0 Å². The molecule has 1 saturated carbocycles. The summed E-state index contributed by atoms with van der Waals surface area (Å²) >= 11 is 0. The molecule has 0 aliphatic heterocycles. The predicted octanol–water partition coefficient (Wildman–Crippen LogP) is 0.309. The fourth-order valence-corrected chi connectivity index (χ4v) is 1.51. The SMILES string of the molecule is N#Cc1cnc(N(CCO)C2CC2)cn1. The summed E-state index contributed by atoms with van der Waals surface area (Å²) in [4.78, 5) is 10.2. The first-order valence-electron chi connectivity index (χ1n) is 4.95. The lowest BCUT2D eigenvalue weighted by atomic mass is 10.4. The van der Waals surface area contributed by atoms with Crippen molar-refractivity contribution in [3.05, 3.63) is 18.1 Å². The highest BCUT2D eigenvalue weighted by atomic mass is 16.3. The highest BCUT2D eigenvalue weighted by Crippen LogP contribution is 2.29. The number of hydrogen-bond donors (Lipinski definition) is 1. The average Bonchev–Trinajstić information content (AvgIpc) is 3.10. The number of anilines is 1. The van der Waals surface area contributed by atoms with Crippen molar-refractivity contribution in [2.24, 2.45) is 0 Å². The van der Waals surface area contributed by atoms with Crippen LogP contribution in [0.1, 0.15) is 18.5 Å². The van der Waals surface area contributed by atoms with Gasteiger partial charge in [0.05, 0.1) is 19.0 Å². The molecule has 78 valence electrons. The van der Waals surface area contributed by atoms with Crippen LogP contribution in [0.15, 0.2) is 12.4 Å². The minimum atomic E-state index is 0.109. The minimum Gasteiger partial charge on any atom is -0.395 e. The van der Waals surface area contributed by atoms with E-state index in [2.05, 4.69) is 9.97 Å². The lowest BCUT2D eigenvalue weighted by Gasteiger charge is -2.21. The molecule has 0 bridgehead atoms. The molecule has 1 aliphatic rings. The summed E-state index contributed by atoms with van der Waals surface area (Å²) in [5.41, 5.74) is 0.318. The van der Waals surface area contributed by atoms with E-state index in [1.807, 2.05) is 11.0 Å². The van der Waals surface area contributed by atoms with E-state index < -0.39 is 0 Å². The van der Waals surface area contributed by atoms with Gasteiger partial charge in [-0.05, 0) is 12.8 Å². The third kappa shape index (κ3) is 2.22. The van der Waals surface area contributed by atoms with Gasteiger partial charge >= 0.3 is 0 Å². The molecular formula is C10H12N4O. The number of nitrogens with zero attached hydrogens (tertiary/aromatic N) is 4. The first kappa shape index (κ1) is 9.87. The van der Waals surface area contributed by atoms with Gasteiger partial charge in [0.25, 0.3) is 0 Å². The van der Waals surface area contributed by atoms with Crippen LogP contribution >= 0.6 is 0 Å². The zero-order valence-corrected chi connectivity index (χ0v) is 8.30. The van der Waals surface area contributed by atoms with Gasteiger partial charge in [-0.3, -0.25) is 0 Å². The van der Waals surface area contributed by atoms with E-state index in [1.54, 1.807) is 6.20 Å². The topological polar surface area (TPSA) is 73.0 Å². The summed E-state index contributed by atoms with van der Waals surface area (Å²) in [6.07, 6.45) is 5.33. The van der Waals surface area contributed by atoms with Crippen LogP contribution in [0.3, 0.4) is 0 Å². The molecule has 1 aliphatic carbocycles. The van der Waals surface area contributed by atoms with Crippen molar-refractivity contribution < 1.29 is 5.11 Å². The number of rotatable bonds is 4. The third-order valence-corrected chi connectivity index (χ3v) is 2.38. The summed E-state index contributed by atoms with van der Waals surface area (Å²) in [7, 11) is 0. The number of hydrogen-bond acceptors (Lipinski definition) is 5. The predicted molar refractivity (Wildman–Crippen MR) is 54.2 cm³/mol. The Morgan fingerprint density at radius 1 is 1.47 bits per heavy atom. The van der Waals surface area contributed by atoms with Crippen LogP contribution in [0.2, 0.25) is 0 Å². The first-order chi connectivity index (χ1) is 7.35. The Bertz CT molecular complexity index is 366. The maximum absolute atomic E-state index is 8.93. The standard InChI is InChI=1S/C10H12N4O/c11-5-8-6-13-10(7-12-8)14(3-4-15)9-1-2-9/h6-7,9,15H,1-4H2. The molecule has 1 aromatic rings. The Hall–Kier alpha value is -1.67. The van der Waals surface area contributed by atoms with Gasteiger partial charge in [0.15, 0.2) is 5.69 Å². The molecule has 1 heterocycles. The van der Waals surface area contributed by atoms with Crippen molar-refractivity contribution in [2.45, 2.75) is 18.9 Å². The van der Waals surface area contributed by atoms with Gasteiger partial charge in [0.2, 0.25) is 0 Å². The van der Waals surface area contributed by atoms with Gasteiger partial charge in [0.1, 0.15) is 11.9 Å². The number of aromatic nitrogens is 2. The summed E-state index contributed by atoms with van der Waals surface area (Å²) in [5.74, 6) is 0.741. The van der Waals surface area contributed by atoms with E-state index >= 15 is 0 Å². The smallest absolute Gasteiger partial charge is 0.158 e. The maximum atomic E-state index is 8.93. The molecule has 1 fully saturated rings. The molecule has 0 aromatic carbocycles. The van der Waals surface area contributed by atoms with Gasteiger partial charge in [-0.15, -0.1) is 0 Å². The average molecular weight is 204 g/mol. The van der Waals surface area contributed by atoms with Gasteiger partial charge in [0, 0.05) is 12.6 Å². The molecule has 0 amide bonds. The number of nitriles is 1. The second-order valence-corrected chi connectivity index (χ2v) is 3.52. The molecule has 0 spiro atoms. The highest BCUT2D eigenvalue weighted by Gasteiger charge is 2.29. The van der Waals surface area contributed by atoms with Crippen LogP contribution in [0, 0.1) is 11.3 Å². The van der Waals surface area contributed by atoms with Crippen molar-refractivity contribution in [3.8, 4) is 6.07 Å². The van der Waals surface area contributed by atoms with E-state index in [9.17, 15) is 0 Å². The number of aliphatic hydroxyl groups is 1. The Morgan fingerprint density at radius 3 is 2.73 bits per heavy atom. The van der Waals surface area contributed by atoms with Crippen LogP contribution in [0.5, 0.6) is 0 Å². The van der Waals surface area contributed by atoms with Crippen LogP contribution in [-0.2, 0) is 0 Å². The minimum absolute atomic E-state index is 0.109. The van der Waals surface area contributed by atoms with E-state index in [1.165, 1.54) is 6.20 Å². The molecule has 0 unspecified atom stereocenters. The fourth-order valence-electron chi connectivity index (χ4n) is 1.51. The third-order valence-electron chi connectivity index (χ3n) is 2.38. The molecule has 15 heavy (non-hydrogen) atoms. The largest absolute Gasteiger partial charge is 0.395 e. The molecule has 0 radical (unpaired) electrons. The van der Waals surface area contributed by atoms with E-state index in [4.69, 9.17) is 10.4 Å². The molecule has 5 heteroatoms. The Labute approximate surface area is 88.0 Å².